The minimum atomic E-state index is -0.350. The first-order chi connectivity index (χ1) is 15.1. The molecular weight excluding hydrogens is 412 g/mol. The molecule has 31 heavy (non-hydrogen) atoms. The third kappa shape index (κ3) is 4.60. The van der Waals surface area contributed by atoms with Gasteiger partial charge in [-0.1, -0.05) is 18.2 Å². The van der Waals surface area contributed by atoms with Crippen LogP contribution < -0.4 is 5.32 Å². The molecule has 1 aliphatic rings. The number of benzene rings is 1. The number of nitrogens with zero attached hydrogens (tertiary/aromatic N) is 2. The third-order valence-corrected chi connectivity index (χ3v) is 5.97. The van der Waals surface area contributed by atoms with Gasteiger partial charge in [-0.25, -0.2) is 0 Å². The van der Waals surface area contributed by atoms with Crippen molar-refractivity contribution in [1.29, 1.82) is 5.41 Å². The highest BCUT2D eigenvalue weighted by Crippen LogP contribution is 2.27. The van der Waals surface area contributed by atoms with Gasteiger partial charge in [0.05, 0.1) is 17.7 Å². The Morgan fingerprint density at radius 1 is 1.32 bits per heavy atom. The van der Waals surface area contributed by atoms with Crippen molar-refractivity contribution in [3.8, 4) is 0 Å². The molecular formula is C23H26N4O3S. The number of fused-ring (bicyclic) bond motifs is 1. The van der Waals surface area contributed by atoms with Crippen LogP contribution in [0.4, 0.5) is 5.69 Å². The lowest BCUT2D eigenvalue weighted by Gasteiger charge is -2.21. The van der Waals surface area contributed by atoms with Crippen LogP contribution in [0.3, 0.4) is 0 Å². The highest BCUT2D eigenvalue weighted by Gasteiger charge is 2.23. The van der Waals surface area contributed by atoms with Gasteiger partial charge in [0.2, 0.25) is 0 Å². The van der Waals surface area contributed by atoms with Gasteiger partial charge in [-0.3, -0.25) is 15.2 Å². The van der Waals surface area contributed by atoms with Gasteiger partial charge < -0.3 is 19.7 Å². The molecule has 8 heteroatoms. The van der Waals surface area contributed by atoms with Gasteiger partial charge >= 0.3 is 0 Å². The number of likely N-dealkylation sites (tertiary alicyclic amines) is 1. The van der Waals surface area contributed by atoms with Crippen molar-refractivity contribution in [2.45, 2.75) is 25.4 Å². The highest BCUT2D eigenvalue weighted by molar-refractivity contribution is 7.98. The number of nitrogens with one attached hydrogen (secondary N) is 2. The standard InChI is InChI=1S/C23H26N4O3S/c1-31-14-26-19-11-20(23(29)27-9-4-5-15(28)8-10-27)25-12-17(19)22(24)18-13-30-21-7-3-2-6-16(18)21/h2-3,6-7,11-13,15,24,28H,4-5,8-10,14H2,1H3,(H,25,26). The topological polar surface area (TPSA) is 102 Å². The number of aliphatic hydroxyl groups excluding tert-OH is 1. The monoisotopic (exact) mass is 438 g/mol. The van der Waals surface area contributed by atoms with Crippen LogP contribution in [0.5, 0.6) is 0 Å². The summed E-state index contributed by atoms with van der Waals surface area (Å²) in [5, 5.41) is 22.8. The Labute approximate surface area is 185 Å². The van der Waals surface area contributed by atoms with E-state index in [0.717, 1.165) is 17.4 Å². The van der Waals surface area contributed by atoms with Gasteiger partial charge in [0.1, 0.15) is 17.5 Å². The average molecular weight is 439 g/mol. The van der Waals surface area contributed by atoms with E-state index in [-0.39, 0.29) is 17.7 Å². The fraction of sp³-hybridized carbons (Fsp3) is 0.348. The summed E-state index contributed by atoms with van der Waals surface area (Å²) in [6, 6.07) is 9.34. The van der Waals surface area contributed by atoms with E-state index in [1.165, 1.54) is 0 Å². The van der Waals surface area contributed by atoms with Gasteiger partial charge in [-0.15, -0.1) is 11.8 Å². The summed E-state index contributed by atoms with van der Waals surface area (Å²) >= 11 is 1.62. The number of hydrogen-bond acceptors (Lipinski definition) is 7. The first-order valence-electron chi connectivity index (χ1n) is 10.3. The van der Waals surface area contributed by atoms with Crippen molar-refractivity contribution < 1.29 is 14.3 Å². The number of para-hydroxylation sites is 1. The van der Waals surface area contributed by atoms with E-state index in [0.29, 0.717) is 54.3 Å². The molecule has 0 bridgehead atoms. The van der Waals surface area contributed by atoms with Gasteiger partial charge in [0, 0.05) is 41.5 Å². The van der Waals surface area contributed by atoms with E-state index in [9.17, 15) is 9.90 Å². The average Bonchev–Trinajstić information content (AvgIpc) is 3.11. The third-order valence-electron chi connectivity index (χ3n) is 5.53. The summed E-state index contributed by atoms with van der Waals surface area (Å²) in [5.41, 5.74) is 3.35. The second-order valence-electron chi connectivity index (χ2n) is 7.62. The van der Waals surface area contributed by atoms with Gasteiger partial charge in [0.25, 0.3) is 5.91 Å². The summed E-state index contributed by atoms with van der Waals surface area (Å²) < 4.78 is 5.61. The maximum atomic E-state index is 13.0. The Morgan fingerprint density at radius 2 is 2.16 bits per heavy atom. The first kappa shape index (κ1) is 21.4. The first-order valence-corrected chi connectivity index (χ1v) is 11.7. The zero-order valence-corrected chi connectivity index (χ0v) is 18.2. The Morgan fingerprint density at radius 3 is 3.00 bits per heavy atom. The minimum Gasteiger partial charge on any atom is -0.464 e. The molecule has 7 nitrogen and oxygen atoms in total. The highest BCUT2D eigenvalue weighted by atomic mass is 32.2. The molecule has 1 fully saturated rings. The maximum Gasteiger partial charge on any atom is 0.272 e. The number of hydrogen-bond donors (Lipinski definition) is 3. The second-order valence-corrected chi connectivity index (χ2v) is 8.49. The van der Waals surface area contributed by atoms with Crippen LogP contribution >= 0.6 is 11.8 Å². The van der Waals surface area contributed by atoms with Crippen molar-refractivity contribution in [3.05, 3.63) is 59.6 Å². The summed E-state index contributed by atoms with van der Waals surface area (Å²) in [6.45, 7) is 1.14. The summed E-state index contributed by atoms with van der Waals surface area (Å²) in [7, 11) is 0. The van der Waals surface area contributed by atoms with E-state index in [2.05, 4.69) is 10.3 Å². The second kappa shape index (κ2) is 9.53. The van der Waals surface area contributed by atoms with E-state index in [1.54, 1.807) is 35.2 Å². The molecule has 0 spiro atoms. The molecule has 0 saturated carbocycles. The fourth-order valence-electron chi connectivity index (χ4n) is 3.83. The summed E-state index contributed by atoms with van der Waals surface area (Å²) in [5.74, 6) is 0.494. The quantitative estimate of drug-likeness (QED) is 0.398. The number of pyridine rings is 1. The van der Waals surface area contributed by atoms with Crippen LogP contribution in [0.1, 0.15) is 40.9 Å². The number of rotatable bonds is 6. The smallest absolute Gasteiger partial charge is 0.272 e. The lowest BCUT2D eigenvalue weighted by molar-refractivity contribution is 0.0747. The lowest BCUT2D eigenvalue weighted by Crippen LogP contribution is -2.33. The Bertz CT molecular complexity index is 1100. The van der Waals surface area contributed by atoms with Crippen LogP contribution in [0.25, 0.3) is 11.0 Å². The van der Waals surface area contributed by atoms with Crippen molar-refractivity contribution in [2.75, 3.05) is 30.5 Å². The normalized spacial score (nSPS) is 16.8. The van der Waals surface area contributed by atoms with Crippen LogP contribution in [0.2, 0.25) is 0 Å². The van der Waals surface area contributed by atoms with E-state index < -0.39 is 0 Å². The largest absolute Gasteiger partial charge is 0.464 e. The number of amides is 1. The molecule has 0 aliphatic carbocycles. The molecule has 2 aromatic heterocycles. The molecule has 3 heterocycles. The van der Waals surface area contributed by atoms with Gasteiger partial charge in [-0.05, 0) is 37.7 Å². The molecule has 162 valence electrons. The summed E-state index contributed by atoms with van der Waals surface area (Å²) in [6.07, 6.45) is 6.89. The number of aliphatic hydroxyl groups is 1. The number of anilines is 1. The maximum absolute atomic E-state index is 13.0. The van der Waals surface area contributed by atoms with Crippen molar-refractivity contribution >= 4 is 40.0 Å². The van der Waals surface area contributed by atoms with Crippen LogP contribution in [-0.2, 0) is 0 Å². The predicted octanol–water partition coefficient (Wildman–Crippen LogP) is 3.96. The number of furan rings is 1. The lowest BCUT2D eigenvalue weighted by atomic mass is 10.0. The van der Waals surface area contributed by atoms with Crippen molar-refractivity contribution in [1.82, 2.24) is 9.88 Å². The number of carbonyl (C=O) groups excluding carboxylic acids is 1. The molecule has 3 aromatic rings. The number of aromatic nitrogens is 1. The molecule has 1 amide bonds. The Balaban J connectivity index is 1.65. The molecule has 0 radical (unpaired) electrons. The van der Waals surface area contributed by atoms with Crippen LogP contribution in [0, 0.1) is 5.41 Å². The van der Waals surface area contributed by atoms with E-state index >= 15 is 0 Å². The van der Waals surface area contributed by atoms with Gasteiger partial charge in [0.15, 0.2) is 0 Å². The molecule has 1 saturated heterocycles. The van der Waals surface area contributed by atoms with Crippen molar-refractivity contribution in [3.63, 3.8) is 0 Å². The molecule has 1 atom stereocenters. The zero-order chi connectivity index (χ0) is 21.8. The number of carbonyl (C=O) groups is 1. The molecule has 1 aliphatic heterocycles. The van der Waals surface area contributed by atoms with Gasteiger partial charge in [-0.2, -0.15) is 0 Å². The van der Waals surface area contributed by atoms with E-state index in [1.807, 2.05) is 30.5 Å². The summed E-state index contributed by atoms with van der Waals surface area (Å²) in [4.78, 5) is 19.2. The number of thioether (sulfide) groups is 1. The van der Waals surface area contributed by atoms with Crippen LogP contribution in [-0.4, -0.2) is 57.9 Å². The fourth-order valence-corrected chi connectivity index (χ4v) is 4.13. The molecule has 3 N–H and O–H groups in total. The Hall–Kier alpha value is -2.84. The molecule has 1 aromatic carbocycles. The molecule has 1 unspecified atom stereocenters. The zero-order valence-electron chi connectivity index (χ0n) is 17.4. The minimum absolute atomic E-state index is 0.145. The van der Waals surface area contributed by atoms with E-state index in [4.69, 9.17) is 9.83 Å². The predicted molar refractivity (Wildman–Crippen MR) is 124 cm³/mol. The Kier molecular flexibility index (Phi) is 6.58. The molecule has 4 rings (SSSR count). The SMILES string of the molecule is CSCNc1cc(C(=O)N2CCCC(O)CC2)ncc1C(=N)c1coc2ccccc12. The van der Waals surface area contributed by atoms with Crippen molar-refractivity contribution in [2.24, 2.45) is 0 Å². The van der Waals surface area contributed by atoms with Crippen LogP contribution in [0.15, 0.2) is 47.2 Å².